The predicted molar refractivity (Wildman–Crippen MR) is 90.6 cm³/mol. The fraction of sp³-hybridized carbons (Fsp3) is 0.267. The second kappa shape index (κ2) is 7.67. The number of carbonyl (C=O) groups excluding carboxylic acids is 3. The van der Waals surface area contributed by atoms with Gasteiger partial charge in [-0.2, -0.15) is 0 Å². The molecule has 0 saturated carbocycles. The van der Waals surface area contributed by atoms with E-state index in [9.17, 15) is 14.4 Å². The van der Waals surface area contributed by atoms with Crippen molar-refractivity contribution in [3.05, 3.63) is 32.9 Å². The van der Waals surface area contributed by atoms with Crippen LogP contribution in [0.1, 0.15) is 12.5 Å². The Bertz CT molecular complexity index is 712. The Kier molecular flexibility index (Phi) is 5.84. The van der Waals surface area contributed by atoms with Crippen molar-refractivity contribution in [1.82, 2.24) is 10.2 Å². The molecule has 0 unspecified atom stereocenters. The van der Waals surface area contributed by atoms with Crippen LogP contribution in [0, 0.1) is 0 Å². The topological polar surface area (TPSA) is 84.9 Å². The number of nitrogens with zero attached hydrogens (tertiary/aromatic N) is 1. The molecular formula is C15H14BrClN2O5. The van der Waals surface area contributed by atoms with Crippen LogP contribution in [-0.2, 0) is 14.3 Å². The van der Waals surface area contributed by atoms with Crippen molar-refractivity contribution in [2.45, 2.75) is 6.92 Å². The predicted octanol–water partition coefficient (Wildman–Crippen LogP) is 2.57. The zero-order valence-corrected chi connectivity index (χ0v) is 15.2. The van der Waals surface area contributed by atoms with Crippen LogP contribution in [0.5, 0.6) is 5.75 Å². The lowest BCUT2D eigenvalue weighted by Gasteiger charge is -2.10. The molecule has 7 nitrogen and oxygen atoms in total. The van der Waals surface area contributed by atoms with Crippen LogP contribution in [-0.4, -0.2) is 43.1 Å². The monoisotopic (exact) mass is 416 g/mol. The summed E-state index contributed by atoms with van der Waals surface area (Å²) in [7, 11) is 1.38. The average Bonchev–Trinajstić information content (AvgIpc) is 2.74. The number of halogens is 2. The van der Waals surface area contributed by atoms with Gasteiger partial charge in [0.2, 0.25) is 0 Å². The van der Waals surface area contributed by atoms with Crippen molar-refractivity contribution in [2.24, 2.45) is 0 Å². The fourth-order valence-electron chi connectivity index (χ4n) is 1.92. The Hall–Kier alpha value is -2.06. The van der Waals surface area contributed by atoms with E-state index >= 15 is 0 Å². The first-order chi connectivity index (χ1) is 11.3. The zero-order valence-electron chi connectivity index (χ0n) is 12.9. The van der Waals surface area contributed by atoms with Crippen molar-refractivity contribution < 1.29 is 23.9 Å². The number of benzene rings is 1. The Labute approximate surface area is 151 Å². The highest BCUT2D eigenvalue weighted by atomic mass is 79.9. The van der Waals surface area contributed by atoms with Crippen molar-refractivity contribution in [2.75, 3.05) is 20.3 Å². The van der Waals surface area contributed by atoms with Gasteiger partial charge in [-0.1, -0.05) is 11.6 Å². The second-order valence-corrected chi connectivity index (χ2v) is 6.02. The van der Waals surface area contributed by atoms with Crippen LogP contribution in [0.25, 0.3) is 6.08 Å². The number of carbonyl (C=O) groups is 3. The molecule has 1 aromatic carbocycles. The molecule has 128 valence electrons. The first kappa shape index (κ1) is 18.3. The van der Waals surface area contributed by atoms with Gasteiger partial charge in [-0.15, -0.1) is 0 Å². The van der Waals surface area contributed by atoms with Crippen LogP contribution in [0.15, 0.2) is 22.3 Å². The van der Waals surface area contributed by atoms with Crippen molar-refractivity contribution in [3.63, 3.8) is 0 Å². The summed E-state index contributed by atoms with van der Waals surface area (Å²) in [5.41, 5.74) is 0.722. The van der Waals surface area contributed by atoms with E-state index in [0.29, 0.717) is 10.0 Å². The number of imide groups is 1. The van der Waals surface area contributed by atoms with Crippen LogP contribution < -0.4 is 10.1 Å². The molecule has 1 N–H and O–H groups in total. The van der Waals surface area contributed by atoms with E-state index in [1.54, 1.807) is 19.1 Å². The van der Waals surface area contributed by atoms with Gasteiger partial charge in [0, 0.05) is 7.05 Å². The Morgan fingerprint density at radius 3 is 2.67 bits per heavy atom. The van der Waals surface area contributed by atoms with E-state index in [1.807, 2.05) is 0 Å². The number of nitrogens with one attached hydrogen (secondary N) is 1. The normalized spacial score (nSPS) is 15.7. The van der Waals surface area contributed by atoms with Crippen molar-refractivity contribution >= 4 is 51.5 Å². The summed E-state index contributed by atoms with van der Waals surface area (Å²) in [5.74, 6) is -0.658. The van der Waals surface area contributed by atoms with Crippen LogP contribution in [0.2, 0.25) is 5.02 Å². The summed E-state index contributed by atoms with van der Waals surface area (Å²) < 4.78 is 10.6. The molecule has 1 saturated heterocycles. The van der Waals surface area contributed by atoms with Crippen molar-refractivity contribution in [3.8, 4) is 5.75 Å². The highest BCUT2D eigenvalue weighted by Gasteiger charge is 2.30. The molecule has 0 radical (unpaired) electrons. The van der Waals surface area contributed by atoms with Gasteiger partial charge in [0.15, 0.2) is 12.4 Å². The summed E-state index contributed by atoms with van der Waals surface area (Å²) in [4.78, 5) is 35.6. The maximum Gasteiger partial charge on any atom is 0.344 e. The lowest BCUT2D eigenvalue weighted by atomic mass is 10.2. The summed E-state index contributed by atoms with van der Waals surface area (Å²) in [5, 5.41) is 2.70. The minimum absolute atomic E-state index is 0.144. The maximum absolute atomic E-state index is 11.8. The van der Waals surface area contributed by atoms with E-state index in [-0.39, 0.29) is 29.7 Å². The average molecular weight is 418 g/mol. The highest BCUT2D eigenvalue weighted by molar-refractivity contribution is 9.10. The van der Waals surface area contributed by atoms with Gasteiger partial charge in [0.1, 0.15) is 5.70 Å². The van der Waals surface area contributed by atoms with Crippen LogP contribution in [0.3, 0.4) is 0 Å². The van der Waals surface area contributed by atoms with E-state index in [2.05, 4.69) is 21.2 Å². The SMILES string of the molecule is CCOC(=O)COc1c(Cl)cc(/C=C2/NC(=O)N(C)C2=O)cc1Br. The largest absolute Gasteiger partial charge is 0.479 e. The molecule has 0 spiro atoms. The van der Waals surface area contributed by atoms with Gasteiger partial charge in [-0.3, -0.25) is 9.69 Å². The van der Waals surface area contributed by atoms with Crippen LogP contribution >= 0.6 is 27.5 Å². The Balaban J connectivity index is 2.19. The van der Waals surface area contributed by atoms with Gasteiger partial charge < -0.3 is 14.8 Å². The molecule has 0 aliphatic carbocycles. The molecule has 0 aromatic heterocycles. The van der Waals surface area contributed by atoms with E-state index in [4.69, 9.17) is 21.1 Å². The van der Waals surface area contributed by atoms with E-state index in [1.165, 1.54) is 13.1 Å². The summed E-state index contributed by atoms with van der Waals surface area (Å²) >= 11 is 9.46. The molecule has 3 amide bonds. The van der Waals surface area contributed by atoms with E-state index < -0.39 is 17.9 Å². The third-order valence-corrected chi connectivity index (χ3v) is 3.92. The number of ether oxygens (including phenoxy) is 2. The third-order valence-electron chi connectivity index (χ3n) is 3.05. The quantitative estimate of drug-likeness (QED) is 0.452. The van der Waals surface area contributed by atoms with Crippen molar-refractivity contribution in [1.29, 1.82) is 0 Å². The lowest BCUT2D eigenvalue weighted by Crippen LogP contribution is -2.25. The highest BCUT2D eigenvalue weighted by Crippen LogP contribution is 2.35. The standard InChI is InChI=1S/C15H14BrClN2O5/c1-3-23-12(20)7-24-13-9(16)4-8(5-10(13)17)6-11-14(21)19(2)15(22)18-11/h4-6H,3,7H2,1-2H3,(H,18,22)/b11-6+. The third kappa shape index (κ3) is 4.07. The molecular weight excluding hydrogens is 404 g/mol. The Morgan fingerprint density at radius 1 is 1.42 bits per heavy atom. The summed E-state index contributed by atoms with van der Waals surface area (Å²) in [6, 6.07) is 2.71. The molecule has 0 bridgehead atoms. The maximum atomic E-state index is 11.8. The molecule has 1 aliphatic heterocycles. The molecule has 1 aromatic rings. The number of urea groups is 1. The van der Waals surface area contributed by atoms with Gasteiger partial charge in [-0.05, 0) is 46.6 Å². The van der Waals surface area contributed by atoms with Gasteiger partial charge >= 0.3 is 12.0 Å². The number of amides is 3. The molecule has 1 fully saturated rings. The number of hydrogen-bond donors (Lipinski definition) is 1. The number of likely N-dealkylation sites (N-methyl/N-ethyl adjacent to an activating group) is 1. The molecule has 0 atom stereocenters. The van der Waals surface area contributed by atoms with Crippen LogP contribution in [0.4, 0.5) is 4.79 Å². The molecule has 1 aliphatic rings. The van der Waals surface area contributed by atoms with Gasteiger partial charge in [0.25, 0.3) is 5.91 Å². The smallest absolute Gasteiger partial charge is 0.344 e. The fourth-order valence-corrected chi connectivity index (χ4v) is 2.91. The molecule has 9 heteroatoms. The minimum Gasteiger partial charge on any atom is -0.479 e. The lowest BCUT2D eigenvalue weighted by molar-refractivity contribution is -0.145. The first-order valence-electron chi connectivity index (χ1n) is 6.91. The van der Waals surface area contributed by atoms with E-state index in [0.717, 1.165) is 4.90 Å². The number of rotatable bonds is 5. The minimum atomic E-state index is -0.506. The number of esters is 1. The second-order valence-electron chi connectivity index (χ2n) is 4.76. The Morgan fingerprint density at radius 2 is 2.12 bits per heavy atom. The number of hydrogen-bond acceptors (Lipinski definition) is 5. The van der Waals surface area contributed by atoms with Gasteiger partial charge in [-0.25, -0.2) is 9.59 Å². The molecule has 1 heterocycles. The molecule has 24 heavy (non-hydrogen) atoms. The first-order valence-corrected chi connectivity index (χ1v) is 8.08. The molecule has 2 rings (SSSR count). The van der Waals surface area contributed by atoms with Gasteiger partial charge in [0.05, 0.1) is 16.1 Å². The summed E-state index contributed by atoms with van der Waals surface area (Å²) in [6.07, 6.45) is 1.50. The summed E-state index contributed by atoms with van der Waals surface area (Å²) in [6.45, 7) is 1.69. The zero-order chi connectivity index (χ0) is 17.9.